The summed E-state index contributed by atoms with van der Waals surface area (Å²) in [5.41, 5.74) is 1.92. The second-order valence-corrected chi connectivity index (χ2v) is 6.60. The minimum Gasteiger partial charge on any atom is -0.495 e. The summed E-state index contributed by atoms with van der Waals surface area (Å²) in [5, 5.41) is 2.97. The van der Waals surface area contributed by atoms with Crippen LogP contribution in [0.5, 0.6) is 5.75 Å². The zero-order chi connectivity index (χ0) is 16.2. The predicted molar refractivity (Wildman–Crippen MR) is 87.6 cm³/mol. The van der Waals surface area contributed by atoms with Crippen LogP contribution in [0.3, 0.4) is 0 Å². The Labute approximate surface area is 132 Å². The molecule has 1 aromatic rings. The Balaban J connectivity index is 2.07. The molecule has 0 aromatic heterocycles. The van der Waals surface area contributed by atoms with Crippen LogP contribution in [-0.4, -0.2) is 50.8 Å². The molecule has 5 heteroatoms. The molecule has 1 aliphatic rings. The van der Waals surface area contributed by atoms with Gasteiger partial charge in [0.25, 0.3) is 0 Å². The number of carbonyl (C=O) groups is 1. The van der Waals surface area contributed by atoms with Crippen LogP contribution in [0, 0.1) is 0 Å². The fraction of sp³-hybridized carbons (Fsp3) is 0.588. The van der Waals surface area contributed by atoms with Gasteiger partial charge in [0.1, 0.15) is 5.75 Å². The number of benzene rings is 1. The van der Waals surface area contributed by atoms with E-state index in [1.165, 1.54) is 0 Å². The second kappa shape index (κ2) is 7.11. The number of hydrogen-bond donors (Lipinski definition) is 1. The average Bonchev–Trinajstić information content (AvgIpc) is 2.47. The topological polar surface area (TPSA) is 50.8 Å². The molecule has 0 bridgehead atoms. The third-order valence-corrected chi connectivity index (χ3v) is 3.81. The highest BCUT2D eigenvalue weighted by atomic mass is 16.5. The molecule has 0 atom stereocenters. The van der Waals surface area contributed by atoms with E-state index in [0.717, 1.165) is 24.3 Å². The monoisotopic (exact) mass is 306 g/mol. The molecule has 0 unspecified atom stereocenters. The minimum atomic E-state index is -0.0220. The summed E-state index contributed by atoms with van der Waals surface area (Å²) < 4.78 is 10.7. The predicted octanol–water partition coefficient (Wildman–Crippen LogP) is 2.26. The van der Waals surface area contributed by atoms with E-state index in [2.05, 4.69) is 31.0 Å². The first-order chi connectivity index (χ1) is 10.4. The average molecular weight is 306 g/mol. The number of nitrogens with one attached hydrogen (secondary N) is 1. The van der Waals surface area contributed by atoms with Gasteiger partial charge in [0.05, 0.1) is 32.6 Å². The van der Waals surface area contributed by atoms with Gasteiger partial charge in [-0.1, -0.05) is 26.8 Å². The standard InChI is InChI=1S/C17H26N2O3/c1-17(2,3)13-5-6-15(21-4)14(11-13)18-16(20)12-19-7-9-22-10-8-19/h5-6,11H,7-10,12H2,1-4H3,(H,18,20). The van der Waals surface area contributed by atoms with E-state index < -0.39 is 0 Å². The van der Waals surface area contributed by atoms with Crippen molar-refractivity contribution in [3.8, 4) is 5.75 Å². The van der Waals surface area contributed by atoms with Crippen molar-refractivity contribution in [1.82, 2.24) is 4.90 Å². The molecule has 2 rings (SSSR count). The van der Waals surface area contributed by atoms with Crippen molar-refractivity contribution in [2.75, 3.05) is 45.3 Å². The first-order valence-electron chi connectivity index (χ1n) is 7.68. The molecule has 0 saturated carbocycles. The van der Waals surface area contributed by atoms with Gasteiger partial charge in [-0.2, -0.15) is 0 Å². The van der Waals surface area contributed by atoms with E-state index in [9.17, 15) is 4.79 Å². The van der Waals surface area contributed by atoms with Gasteiger partial charge in [0, 0.05) is 13.1 Å². The van der Waals surface area contributed by atoms with Crippen molar-refractivity contribution in [3.05, 3.63) is 23.8 Å². The normalized spacial score (nSPS) is 16.4. The highest BCUT2D eigenvalue weighted by molar-refractivity contribution is 5.93. The van der Waals surface area contributed by atoms with Crippen molar-refractivity contribution in [3.63, 3.8) is 0 Å². The van der Waals surface area contributed by atoms with Gasteiger partial charge in [-0.05, 0) is 23.1 Å². The maximum Gasteiger partial charge on any atom is 0.238 e. The van der Waals surface area contributed by atoms with Crippen LogP contribution in [0.1, 0.15) is 26.3 Å². The molecule has 1 aromatic carbocycles. The zero-order valence-electron chi connectivity index (χ0n) is 13.9. The fourth-order valence-corrected chi connectivity index (χ4v) is 2.42. The minimum absolute atomic E-state index is 0.0220. The van der Waals surface area contributed by atoms with Crippen LogP contribution < -0.4 is 10.1 Å². The second-order valence-electron chi connectivity index (χ2n) is 6.60. The molecular formula is C17H26N2O3. The van der Waals surface area contributed by atoms with Gasteiger partial charge < -0.3 is 14.8 Å². The zero-order valence-corrected chi connectivity index (χ0v) is 13.9. The number of methoxy groups -OCH3 is 1. The number of ether oxygens (including phenoxy) is 2. The first-order valence-corrected chi connectivity index (χ1v) is 7.68. The largest absolute Gasteiger partial charge is 0.495 e. The van der Waals surface area contributed by atoms with E-state index >= 15 is 0 Å². The number of hydrogen-bond acceptors (Lipinski definition) is 4. The number of morpholine rings is 1. The van der Waals surface area contributed by atoms with Gasteiger partial charge >= 0.3 is 0 Å². The van der Waals surface area contributed by atoms with Gasteiger partial charge in [-0.25, -0.2) is 0 Å². The van der Waals surface area contributed by atoms with Crippen molar-refractivity contribution in [1.29, 1.82) is 0 Å². The smallest absolute Gasteiger partial charge is 0.238 e. The summed E-state index contributed by atoms with van der Waals surface area (Å²) in [5.74, 6) is 0.662. The fourth-order valence-electron chi connectivity index (χ4n) is 2.42. The van der Waals surface area contributed by atoms with E-state index in [-0.39, 0.29) is 11.3 Å². The maximum absolute atomic E-state index is 12.3. The lowest BCUT2D eigenvalue weighted by Crippen LogP contribution is -2.41. The molecule has 0 spiro atoms. The highest BCUT2D eigenvalue weighted by Gasteiger charge is 2.18. The van der Waals surface area contributed by atoms with Crippen LogP contribution >= 0.6 is 0 Å². The Morgan fingerprint density at radius 1 is 1.32 bits per heavy atom. The molecule has 1 N–H and O–H groups in total. The van der Waals surface area contributed by atoms with Crippen LogP contribution in [0.25, 0.3) is 0 Å². The number of anilines is 1. The van der Waals surface area contributed by atoms with Crippen molar-refractivity contribution < 1.29 is 14.3 Å². The molecule has 5 nitrogen and oxygen atoms in total. The van der Waals surface area contributed by atoms with Gasteiger partial charge in [0.15, 0.2) is 0 Å². The Hall–Kier alpha value is -1.59. The van der Waals surface area contributed by atoms with Crippen LogP contribution in [0.2, 0.25) is 0 Å². The molecule has 1 amide bonds. The Bertz CT molecular complexity index is 517. The number of nitrogens with zero attached hydrogens (tertiary/aromatic N) is 1. The van der Waals surface area contributed by atoms with Gasteiger partial charge in [0.2, 0.25) is 5.91 Å². The molecule has 1 heterocycles. The molecule has 0 radical (unpaired) electrons. The Kier molecular flexibility index (Phi) is 5.42. The lowest BCUT2D eigenvalue weighted by Gasteiger charge is -2.26. The van der Waals surface area contributed by atoms with Crippen LogP contribution in [0.15, 0.2) is 18.2 Å². The Morgan fingerprint density at radius 3 is 2.59 bits per heavy atom. The molecule has 1 fully saturated rings. The summed E-state index contributed by atoms with van der Waals surface area (Å²) in [7, 11) is 1.61. The Morgan fingerprint density at radius 2 is 2.00 bits per heavy atom. The van der Waals surface area contributed by atoms with E-state index in [1.807, 2.05) is 18.2 Å². The highest BCUT2D eigenvalue weighted by Crippen LogP contribution is 2.31. The number of rotatable bonds is 4. The summed E-state index contributed by atoms with van der Waals surface area (Å²) in [4.78, 5) is 14.4. The van der Waals surface area contributed by atoms with Gasteiger partial charge in [-0.3, -0.25) is 9.69 Å². The van der Waals surface area contributed by atoms with E-state index in [1.54, 1.807) is 7.11 Å². The summed E-state index contributed by atoms with van der Waals surface area (Å²) in [6, 6.07) is 5.94. The van der Waals surface area contributed by atoms with E-state index in [4.69, 9.17) is 9.47 Å². The lowest BCUT2D eigenvalue weighted by molar-refractivity contribution is -0.118. The first kappa shape index (κ1) is 16.8. The lowest BCUT2D eigenvalue weighted by atomic mass is 9.87. The number of carbonyl (C=O) groups excluding carboxylic acids is 1. The molecular weight excluding hydrogens is 280 g/mol. The molecule has 1 saturated heterocycles. The van der Waals surface area contributed by atoms with E-state index in [0.29, 0.717) is 25.5 Å². The molecule has 1 aliphatic heterocycles. The number of amides is 1. The van der Waals surface area contributed by atoms with Crippen molar-refractivity contribution >= 4 is 11.6 Å². The quantitative estimate of drug-likeness (QED) is 0.927. The summed E-state index contributed by atoms with van der Waals surface area (Å²) in [6.45, 7) is 9.80. The molecule has 122 valence electrons. The summed E-state index contributed by atoms with van der Waals surface area (Å²) in [6.07, 6.45) is 0. The van der Waals surface area contributed by atoms with Crippen LogP contribution in [-0.2, 0) is 14.9 Å². The summed E-state index contributed by atoms with van der Waals surface area (Å²) >= 11 is 0. The molecule has 22 heavy (non-hydrogen) atoms. The maximum atomic E-state index is 12.3. The SMILES string of the molecule is COc1ccc(C(C)(C)C)cc1NC(=O)CN1CCOCC1. The van der Waals surface area contributed by atoms with Crippen LogP contribution in [0.4, 0.5) is 5.69 Å². The van der Waals surface area contributed by atoms with Crippen molar-refractivity contribution in [2.24, 2.45) is 0 Å². The third-order valence-electron chi connectivity index (χ3n) is 3.81. The molecule has 0 aliphatic carbocycles. The third kappa shape index (κ3) is 4.45. The van der Waals surface area contributed by atoms with Gasteiger partial charge in [-0.15, -0.1) is 0 Å². The van der Waals surface area contributed by atoms with Crippen molar-refractivity contribution in [2.45, 2.75) is 26.2 Å².